The van der Waals surface area contributed by atoms with E-state index in [0.29, 0.717) is 0 Å². The third-order valence-electron chi connectivity index (χ3n) is 2.22. The Labute approximate surface area is 92.6 Å². The van der Waals surface area contributed by atoms with E-state index in [1.165, 1.54) is 16.7 Å². The quantitative estimate of drug-likeness (QED) is 0.622. The summed E-state index contributed by atoms with van der Waals surface area (Å²) < 4.78 is 0. The molecule has 0 spiro atoms. The van der Waals surface area contributed by atoms with Gasteiger partial charge in [0.15, 0.2) is 0 Å². The van der Waals surface area contributed by atoms with E-state index in [1.54, 1.807) is 0 Å². The predicted molar refractivity (Wildman–Crippen MR) is 68.7 cm³/mol. The van der Waals surface area contributed by atoms with Gasteiger partial charge in [-0.05, 0) is 31.9 Å². The van der Waals surface area contributed by atoms with Gasteiger partial charge in [-0.1, -0.05) is 60.2 Å². The smallest absolute Gasteiger partial charge is 0.0227 e. The minimum absolute atomic E-state index is 1.27. The summed E-state index contributed by atoms with van der Waals surface area (Å²) in [6.07, 6.45) is 8.42. The molecule has 0 aliphatic heterocycles. The molecule has 0 saturated heterocycles. The maximum absolute atomic E-state index is 2.20. The first kappa shape index (κ1) is 11.5. The molecule has 1 aromatic carbocycles. The molecule has 0 heterocycles. The highest BCUT2D eigenvalue weighted by Crippen LogP contribution is 2.15. The number of rotatable bonds is 3. The summed E-state index contributed by atoms with van der Waals surface area (Å²) in [5, 5.41) is 0. The molecule has 0 aromatic heterocycles. The van der Waals surface area contributed by atoms with Gasteiger partial charge in [-0.15, -0.1) is 0 Å². The van der Waals surface area contributed by atoms with Gasteiger partial charge >= 0.3 is 0 Å². The first-order valence-electron chi connectivity index (χ1n) is 5.27. The maximum Gasteiger partial charge on any atom is -0.0227 e. The Hall–Kier alpha value is -1.56. The van der Waals surface area contributed by atoms with Crippen molar-refractivity contribution >= 4 is 5.57 Å². The van der Waals surface area contributed by atoms with Crippen LogP contribution < -0.4 is 0 Å². The van der Waals surface area contributed by atoms with Crippen LogP contribution in [0.5, 0.6) is 0 Å². The van der Waals surface area contributed by atoms with Crippen LogP contribution in [0.3, 0.4) is 0 Å². The molecule has 0 unspecified atom stereocenters. The fourth-order valence-electron chi connectivity index (χ4n) is 1.42. The molecular weight excluding hydrogens is 180 g/mol. The molecular formula is C15H18. The first-order valence-corrected chi connectivity index (χ1v) is 5.27. The topological polar surface area (TPSA) is 0 Å². The fourth-order valence-corrected chi connectivity index (χ4v) is 1.42. The maximum atomic E-state index is 2.20. The van der Waals surface area contributed by atoms with E-state index in [0.717, 1.165) is 0 Å². The van der Waals surface area contributed by atoms with Gasteiger partial charge in [0.25, 0.3) is 0 Å². The molecule has 78 valence electrons. The average Bonchev–Trinajstić information content (AvgIpc) is 2.27. The van der Waals surface area contributed by atoms with Crippen LogP contribution in [0.1, 0.15) is 26.3 Å². The van der Waals surface area contributed by atoms with Crippen molar-refractivity contribution in [2.75, 3.05) is 0 Å². The van der Waals surface area contributed by atoms with Gasteiger partial charge in [0, 0.05) is 0 Å². The van der Waals surface area contributed by atoms with E-state index < -0.39 is 0 Å². The van der Waals surface area contributed by atoms with Crippen molar-refractivity contribution in [1.29, 1.82) is 0 Å². The van der Waals surface area contributed by atoms with Gasteiger partial charge in [-0.2, -0.15) is 0 Å². The Balaban J connectivity index is 2.85. The van der Waals surface area contributed by atoms with Crippen LogP contribution in [-0.4, -0.2) is 0 Å². The standard InChI is InChI=1S/C15H18/c1-4-5-9-13(2)12-14(3)15-10-7-6-8-11-15/h4-12H,1-3H3. The van der Waals surface area contributed by atoms with Gasteiger partial charge in [-0.25, -0.2) is 0 Å². The molecule has 1 aromatic rings. The highest BCUT2D eigenvalue weighted by molar-refractivity contribution is 5.66. The van der Waals surface area contributed by atoms with Crippen LogP contribution in [-0.2, 0) is 0 Å². The Kier molecular flexibility index (Phi) is 4.62. The van der Waals surface area contributed by atoms with Gasteiger partial charge in [0.1, 0.15) is 0 Å². The molecule has 15 heavy (non-hydrogen) atoms. The monoisotopic (exact) mass is 198 g/mol. The summed E-state index contributed by atoms with van der Waals surface area (Å²) in [4.78, 5) is 0. The Bertz CT molecular complexity index is 378. The molecule has 0 atom stereocenters. The van der Waals surface area contributed by atoms with E-state index in [4.69, 9.17) is 0 Å². The van der Waals surface area contributed by atoms with Crippen molar-refractivity contribution in [2.45, 2.75) is 20.8 Å². The zero-order valence-corrected chi connectivity index (χ0v) is 9.70. The lowest BCUT2D eigenvalue weighted by molar-refractivity contribution is 1.48. The summed E-state index contributed by atoms with van der Waals surface area (Å²) in [5.41, 5.74) is 3.86. The fraction of sp³-hybridized carbons (Fsp3) is 0.200. The van der Waals surface area contributed by atoms with Crippen molar-refractivity contribution < 1.29 is 0 Å². The number of hydrogen-bond acceptors (Lipinski definition) is 0. The van der Waals surface area contributed by atoms with Crippen molar-refractivity contribution in [3.8, 4) is 0 Å². The Morgan fingerprint density at radius 2 is 1.73 bits per heavy atom. The highest BCUT2D eigenvalue weighted by atomic mass is 14.0. The van der Waals surface area contributed by atoms with Gasteiger partial charge in [0.2, 0.25) is 0 Å². The zero-order chi connectivity index (χ0) is 11.1. The lowest BCUT2D eigenvalue weighted by Crippen LogP contribution is -1.78. The second kappa shape index (κ2) is 6.02. The molecule has 0 amide bonds. The zero-order valence-electron chi connectivity index (χ0n) is 9.70. The number of allylic oxidation sites excluding steroid dienone is 6. The van der Waals surface area contributed by atoms with E-state index >= 15 is 0 Å². The van der Waals surface area contributed by atoms with Crippen molar-refractivity contribution in [3.05, 3.63) is 65.8 Å². The second-order valence-corrected chi connectivity index (χ2v) is 3.63. The molecule has 0 heteroatoms. The van der Waals surface area contributed by atoms with Crippen LogP contribution in [0.15, 0.2) is 60.2 Å². The van der Waals surface area contributed by atoms with E-state index in [-0.39, 0.29) is 0 Å². The summed E-state index contributed by atoms with van der Waals surface area (Å²) in [6, 6.07) is 10.4. The number of hydrogen-bond donors (Lipinski definition) is 0. The first-order chi connectivity index (χ1) is 7.24. The third kappa shape index (κ3) is 3.99. The molecule has 0 saturated carbocycles. The average molecular weight is 198 g/mol. The second-order valence-electron chi connectivity index (χ2n) is 3.63. The Morgan fingerprint density at radius 3 is 2.33 bits per heavy atom. The molecule has 1 rings (SSSR count). The Morgan fingerprint density at radius 1 is 1.07 bits per heavy atom. The molecule has 0 bridgehead atoms. The minimum Gasteiger partial charge on any atom is -0.0877 e. The normalized spacial score (nSPS) is 13.5. The van der Waals surface area contributed by atoms with Crippen LogP contribution in [0.4, 0.5) is 0 Å². The van der Waals surface area contributed by atoms with Gasteiger partial charge < -0.3 is 0 Å². The lowest BCUT2D eigenvalue weighted by Gasteiger charge is -2.00. The largest absolute Gasteiger partial charge is 0.0877 e. The minimum atomic E-state index is 1.27. The van der Waals surface area contributed by atoms with Crippen LogP contribution in [0.25, 0.3) is 5.57 Å². The van der Waals surface area contributed by atoms with E-state index in [9.17, 15) is 0 Å². The number of benzene rings is 1. The summed E-state index contributed by atoms with van der Waals surface area (Å²) in [6.45, 7) is 6.28. The third-order valence-corrected chi connectivity index (χ3v) is 2.22. The summed E-state index contributed by atoms with van der Waals surface area (Å²) >= 11 is 0. The predicted octanol–water partition coefficient (Wildman–Crippen LogP) is 4.61. The molecule has 0 fully saturated rings. The van der Waals surface area contributed by atoms with Crippen LogP contribution in [0, 0.1) is 0 Å². The molecule has 0 aliphatic rings. The van der Waals surface area contributed by atoms with Crippen LogP contribution in [0.2, 0.25) is 0 Å². The summed E-state index contributed by atoms with van der Waals surface area (Å²) in [5.74, 6) is 0. The highest BCUT2D eigenvalue weighted by Gasteiger charge is 1.92. The van der Waals surface area contributed by atoms with E-state index in [1.807, 2.05) is 19.1 Å². The molecule has 0 aliphatic carbocycles. The van der Waals surface area contributed by atoms with E-state index in [2.05, 4.69) is 56.3 Å². The molecule has 0 N–H and O–H groups in total. The van der Waals surface area contributed by atoms with Crippen molar-refractivity contribution in [2.24, 2.45) is 0 Å². The van der Waals surface area contributed by atoms with Gasteiger partial charge in [-0.3, -0.25) is 0 Å². The van der Waals surface area contributed by atoms with Gasteiger partial charge in [0.05, 0.1) is 0 Å². The summed E-state index contributed by atoms with van der Waals surface area (Å²) in [7, 11) is 0. The molecule has 0 radical (unpaired) electrons. The molecule has 0 nitrogen and oxygen atoms in total. The van der Waals surface area contributed by atoms with Crippen molar-refractivity contribution in [1.82, 2.24) is 0 Å². The van der Waals surface area contributed by atoms with Crippen molar-refractivity contribution in [3.63, 3.8) is 0 Å². The lowest BCUT2D eigenvalue weighted by atomic mass is 10.1. The van der Waals surface area contributed by atoms with Crippen LogP contribution >= 0.6 is 0 Å². The SMILES string of the molecule is CC=CC=C(C)C=C(C)c1ccccc1.